The lowest BCUT2D eigenvalue weighted by atomic mass is 10.1. The maximum Gasteiger partial charge on any atom is 0.261 e. The topological polar surface area (TPSA) is 0 Å². The summed E-state index contributed by atoms with van der Waals surface area (Å²) in [6, 6.07) is 10.9. The zero-order chi connectivity index (χ0) is 10.2. The summed E-state index contributed by atoms with van der Waals surface area (Å²) in [7, 11) is 0. The van der Waals surface area contributed by atoms with Crippen molar-refractivity contribution in [2.24, 2.45) is 0 Å². The van der Waals surface area contributed by atoms with E-state index in [-0.39, 0.29) is 14.1 Å². The van der Waals surface area contributed by atoms with E-state index in [0.717, 1.165) is 0 Å². The minimum Gasteiger partial charge on any atom is -0.0967 e. The molecule has 0 fully saturated rings. The first-order valence-electron chi connectivity index (χ1n) is 5.90. The van der Waals surface area contributed by atoms with Crippen molar-refractivity contribution in [3.63, 3.8) is 0 Å². The Bertz CT molecular complexity index is 226. The smallest absolute Gasteiger partial charge is 0.0967 e. The van der Waals surface area contributed by atoms with Crippen LogP contribution in [0.4, 0.5) is 0 Å². The highest BCUT2D eigenvalue weighted by molar-refractivity contribution is 6.58. The molecule has 0 N–H and O–H groups in total. The van der Waals surface area contributed by atoms with Crippen LogP contribution in [0.15, 0.2) is 30.3 Å². The van der Waals surface area contributed by atoms with Crippen LogP contribution in [0.1, 0.15) is 25.8 Å². The molecule has 1 heteroatoms. The van der Waals surface area contributed by atoms with E-state index in [1.165, 1.54) is 34.3 Å². The van der Waals surface area contributed by atoms with Crippen molar-refractivity contribution < 1.29 is 0 Å². The van der Waals surface area contributed by atoms with Gasteiger partial charge < -0.3 is 0 Å². The Hall–Kier alpha value is -0.248. The van der Waals surface area contributed by atoms with E-state index < -0.39 is 0 Å². The third-order valence-corrected chi connectivity index (χ3v) is 6.61. The summed E-state index contributed by atoms with van der Waals surface area (Å²) in [4.78, 5) is 0. The Morgan fingerprint density at radius 2 is 1.64 bits per heavy atom. The summed E-state index contributed by atoms with van der Waals surface area (Å²) in [6.45, 7) is 4.73. The first kappa shape index (κ1) is 11.8. The van der Waals surface area contributed by atoms with Gasteiger partial charge in [0, 0.05) is 0 Å². The standard InChI is InChI=1S/C9H11.2C2H5.Al/c1-2-6-9-7-4-3-5-8-9;2*1-2;/h3-5,7-8H,1-2,6H2;2*1H2,2H3;. The van der Waals surface area contributed by atoms with Gasteiger partial charge in [0.05, 0.1) is 0 Å². The SMILES string of the molecule is C[CH2][Al]([CH2]C)[CH2]CCc1ccccc1. The van der Waals surface area contributed by atoms with Crippen molar-refractivity contribution in [2.45, 2.75) is 42.5 Å². The second-order valence-corrected chi connectivity index (χ2v) is 8.00. The third-order valence-electron chi connectivity index (χ3n) is 3.08. The van der Waals surface area contributed by atoms with Crippen LogP contribution >= 0.6 is 0 Å². The van der Waals surface area contributed by atoms with Gasteiger partial charge in [0.1, 0.15) is 0 Å². The maximum absolute atomic E-state index is 2.36. The molecule has 0 aliphatic carbocycles. The molecule has 0 aliphatic rings. The molecule has 0 atom stereocenters. The Balaban J connectivity index is 2.21. The molecule has 0 radical (unpaired) electrons. The molecule has 0 amide bonds. The van der Waals surface area contributed by atoms with Crippen LogP contribution < -0.4 is 0 Å². The molecule has 0 aliphatic heterocycles. The summed E-state index contributed by atoms with van der Waals surface area (Å²) < 4.78 is 0. The zero-order valence-corrected chi connectivity index (χ0v) is 10.7. The molecule has 14 heavy (non-hydrogen) atoms. The second-order valence-electron chi connectivity index (χ2n) is 4.06. The highest BCUT2D eigenvalue weighted by Gasteiger charge is 2.10. The molecule has 0 nitrogen and oxygen atoms in total. The van der Waals surface area contributed by atoms with E-state index >= 15 is 0 Å². The number of hydrogen-bond donors (Lipinski definition) is 0. The molecule has 0 heterocycles. The molecule has 1 rings (SSSR count). The molecule has 1 aromatic carbocycles. The van der Waals surface area contributed by atoms with Gasteiger partial charge in [-0.3, -0.25) is 0 Å². The Morgan fingerprint density at radius 3 is 2.21 bits per heavy atom. The molecule has 0 aromatic heterocycles. The van der Waals surface area contributed by atoms with Gasteiger partial charge in [-0.15, -0.1) is 0 Å². The van der Waals surface area contributed by atoms with Gasteiger partial charge in [-0.05, 0) is 12.0 Å². The fraction of sp³-hybridized carbons (Fsp3) is 0.538. The molecule has 1 aromatic rings. The molecule has 0 bridgehead atoms. The minimum atomic E-state index is -0.333. The normalized spacial score (nSPS) is 10.1. The fourth-order valence-electron chi connectivity index (χ4n) is 1.94. The van der Waals surface area contributed by atoms with Crippen LogP contribution in [0.5, 0.6) is 0 Å². The molecule has 0 saturated heterocycles. The maximum atomic E-state index is 2.36. The lowest BCUT2D eigenvalue weighted by Crippen LogP contribution is -2.08. The zero-order valence-electron chi connectivity index (χ0n) is 9.50. The average molecular weight is 204 g/mol. The molecular weight excluding hydrogens is 183 g/mol. The van der Waals surface area contributed by atoms with Gasteiger partial charge >= 0.3 is 0 Å². The van der Waals surface area contributed by atoms with Crippen LogP contribution in [0.25, 0.3) is 0 Å². The average Bonchev–Trinajstić information content (AvgIpc) is 2.26. The van der Waals surface area contributed by atoms with Crippen LogP contribution in [-0.2, 0) is 6.42 Å². The van der Waals surface area contributed by atoms with E-state index in [2.05, 4.69) is 44.2 Å². The summed E-state index contributed by atoms with van der Waals surface area (Å²) in [5, 5.41) is 4.48. The van der Waals surface area contributed by atoms with Crippen LogP contribution in [0.3, 0.4) is 0 Å². The van der Waals surface area contributed by atoms with Crippen molar-refractivity contribution in [2.75, 3.05) is 0 Å². The Kier molecular flexibility index (Phi) is 6.00. The van der Waals surface area contributed by atoms with Crippen molar-refractivity contribution in [3.05, 3.63) is 35.9 Å². The second kappa shape index (κ2) is 7.10. The van der Waals surface area contributed by atoms with Gasteiger partial charge in [0.15, 0.2) is 0 Å². The van der Waals surface area contributed by atoms with Gasteiger partial charge in [-0.1, -0.05) is 66.4 Å². The first-order valence-corrected chi connectivity index (χ1v) is 8.35. The fourth-order valence-corrected chi connectivity index (χ4v) is 4.11. The minimum absolute atomic E-state index is 0.333. The summed E-state index contributed by atoms with van der Waals surface area (Å²) in [5.74, 6) is 0. The lowest BCUT2D eigenvalue weighted by Gasteiger charge is -2.05. The van der Waals surface area contributed by atoms with Gasteiger partial charge in [0.25, 0.3) is 14.1 Å². The van der Waals surface area contributed by atoms with E-state index in [4.69, 9.17) is 0 Å². The van der Waals surface area contributed by atoms with Gasteiger partial charge in [-0.25, -0.2) is 0 Å². The summed E-state index contributed by atoms with van der Waals surface area (Å²) >= 11 is -0.333. The van der Waals surface area contributed by atoms with E-state index in [1.54, 1.807) is 0 Å². The molecule has 0 spiro atoms. The molecule has 0 saturated carbocycles. The molecular formula is C13H21Al. The van der Waals surface area contributed by atoms with Crippen LogP contribution in [0.2, 0.25) is 15.8 Å². The third kappa shape index (κ3) is 4.31. The van der Waals surface area contributed by atoms with E-state index in [1.807, 2.05) is 0 Å². The van der Waals surface area contributed by atoms with Crippen molar-refractivity contribution in [1.29, 1.82) is 0 Å². The highest BCUT2D eigenvalue weighted by Crippen LogP contribution is 2.11. The van der Waals surface area contributed by atoms with Crippen molar-refractivity contribution in [3.8, 4) is 0 Å². The number of benzene rings is 1. The van der Waals surface area contributed by atoms with Crippen molar-refractivity contribution in [1.82, 2.24) is 0 Å². The van der Waals surface area contributed by atoms with Gasteiger partial charge in [0.2, 0.25) is 0 Å². The number of hydrogen-bond acceptors (Lipinski definition) is 0. The monoisotopic (exact) mass is 204 g/mol. The highest BCUT2D eigenvalue weighted by atomic mass is 27.2. The summed E-state index contributed by atoms with van der Waals surface area (Å²) in [6.07, 6.45) is 2.69. The molecule has 76 valence electrons. The van der Waals surface area contributed by atoms with Gasteiger partial charge in [-0.2, -0.15) is 0 Å². The lowest BCUT2D eigenvalue weighted by molar-refractivity contribution is 0.901. The molecule has 0 unspecified atom stereocenters. The predicted octanol–water partition coefficient (Wildman–Crippen LogP) is 4.15. The Morgan fingerprint density at radius 1 is 1.00 bits per heavy atom. The number of rotatable bonds is 6. The quantitative estimate of drug-likeness (QED) is 0.610. The number of aryl methyl sites for hydroxylation is 1. The first-order chi connectivity index (χ1) is 6.86. The summed E-state index contributed by atoms with van der Waals surface area (Å²) in [5.41, 5.74) is 1.51. The van der Waals surface area contributed by atoms with Crippen LogP contribution in [0, 0.1) is 0 Å². The van der Waals surface area contributed by atoms with E-state index in [0.29, 0.717) is 0 Å². The van der Waals surface area contributed by atoms with E-state index in [9.17, 15) is 0 Å². The Labute approximate surface area is 92.7 Å². The largest absolute Gasteiger partial charge is 0.261 e. The predicted molar refractivity (Wildman–Crippen MR) is 66.3 cm³/mol. The van der Waals surface area contributed by atoms with Crippen LogP contribution in [-0.4, -0.2) is 14.1 Å². The van der Waals surface area contributed by atoms with Crippen molar-refractivity contribution >= 4 is 14.1 Å².